The van der Waals surface area contributed by atoms with Crippen molar-refractivity contribution in [1.82, 2.24) is 0 Å². The highest BCUT2D eigenvalue weighted by Gasteiger charge is 2.21. The molecule has 1 unspecified atom stereocenters. The molecule has 3 heteroatoms. The summed E-state index contributed by atoms with van der Waals surface area (Å²) in [5.41, 5.74) is 0. The van der Waals surface area contributed by atoms with Crippen molar-refractivity contribution >= 4 is 11.3 Å². The minimum absolute atomic E-state index is 0.250. The normalized spacial score (nSPS) is 20.1. The Morgan fingerprint density at radius 2 is 2.21 bits per heavy atom. The molecular formula is C11H16O2S. The minimum Gasteiger partial charge on any atom is -0.485 e. The summed E-state index contributed by atoms with van der Waals surface area (Å²) in [5, 5.41) is 4.00. The standard InChI is InChI=1S/C11H16O2S/c1-8(2)3-4-9-5-12-10-6-14-7-11(10)13-9/h6-9H,3-5H2,1-2H3. The van der Waals surface area contributed by atoms with Gasteiger partial charge in [0.15, 0.2) is 11.5 Å². The molecule has 0 N–H and O–H groups in total. The quantitative estimate of drug-likeness (QED) is 0.765. The molecule has 0 aromatic carbocycles. The molecule has 2 heterocycles. The lowest BCUT2D eigenvalue weighted by Crippen LogP contribution is -2.28. The van der Waals surface area contributed by atoms with Crippen LogP contribution in [0.5, 0.6) is 11.5 Å². The van der Waals surface area contributed by atoms with Crippen LogP contribution in [0.4, 0.5) is 0 Å². The van der Waals surface area contributed by atoms with Crippen molar-refractivity contribution in [2.75, 3.05) is 6.61 Å². The van der Waals surface area contributed by atoms with E-state index in [-0.39, 0.29) is 6.10 Å². The van der Waals surface area contributed by atoms with Gasteiger partial charge in [0, 0.05) is 10.8 Å². The molecule has 1 aromatic heterocycles. The molecule has 1 aliphatic heterocycles. The van der Waals surface area contributed by atoms with Gasteiger partial charge in [0.05, 0.1) is 0 Å². The van der Waals surface area contributed by atoms with Crippen molar-refractivity contribution in [3.63, 3.8) is 0 Å². The van der Waals surface area contributed by atoms with Gasteiger partial charge in [-0.25, -0.2) is 0 Å². The van der Waals surface area contributed by atoms with Crippen LogP contribution < -0.4 is 9.47 Å². The van der Waals surface area contributed by atoms with Gasteiger partial charge in [-0.2, -0.15) is 0 Å². The van der Waals surface area contributed by atoms with Crippen LogP contribution in [-0.4, -0.2) is 12.7 Å². The Labute approximate surface area is 88.8 Å². The number of fused-ring (bicyclic) bond motifs is 1. The third-order valence-electron chi connectivity index (χ3n) is 2.38. The average Bonchev–Trinajstić information content (AvgIpc) is 2.61. The third kappa shape index (κ3) is 2.21. The molecule has 78 valence electrons. The molecule has 0 bridgehead atoms. The molecule has 1 aliphatic rings. The van der Waals surface area contributed by atoms with Gasteiger partial charge < -0.3 is 9.47 Å². The summed E-state index contributed by atoms with van der Waals surface area (Å²) in [7, 11) is 0. The summed E-state index contributed by atoms with van der Waals surface area (Å²) in [5.74, 6) is 2.58. The maximum Gasteiger partial charge on any atom is 0.172 e. The van der Waals surface area contributed by atoms with Crippen LogP contribution in [0.1, 0.15) is 26.7 Å². The van der Waals surface area contributed by atoms with E-state index in [2.05, 4.69) is 13.8 Å². The molecule has 14 heavy (non-hydrogen) atoms. The van der Waals surface area contributed by atoms with Gasteiger partial charge in [-0.3, -0.25) is 0 Å². The van der Waals surface area contributed by atoms with Crippen LogP contribution in [0, 0.1) is 5.92 Å². The zero-order valence-corrected chi connectivity index (χ0v) is 9.47. The van der Waals surface area contributed by atoms with E-state index in [4.69, 9.17) is 9.47 Å². The maximum absolute atomic E-state index is 5.81. The molecule has 0 fully saturated rings. The van der Waals surface area contributed by atoms with Crippen molar-refractivity contribution in [3.8, 4) is 11.5 Å². The predicted octanol–water partition coefficient (Wildman–Crippen LogP) is 3.32. The Morgan fingerprint density at radius 1 is 1.43 bits per heavy atom. The second-order valence-electron chi connectivity index (χ2n) is 4.12. The van der Waals surface area contributed by atoms with Crippen LogP contribution in [-0.2, 0) is 0 Å². The van der Waals surface area contributed by atoms with Crippen LogP contribution in [0.25, 0.3) is 0 Å². The molecular weight excluding hydrogens is 196 g/mol. The molecule has 0 amide bonds. The zero-order valence-electron chi connectivity index (χ0n) is 8.66. The Hall–Kier alpha value is -0.700. The van der Waals surface area contributed by atoms with Gasteiger partial charge in [0.2, 0.25) is 0 Å². The zero-order chi connectivity index (χ0) is 9.97. The lowest BCUT2D eigenvalue weighted by Gasteiger charge is -2.24. The van der Waals surface area contributed by atoms with Crippen molar-refractivity contribution in [3.05, 3.63) is 10.8 Å². The van der Waals surface area contributed by atoms with E-state index in [9.17, 15) is 0 Å². The summed E-state index contributed by atoms with van der Waals surface area (Å²) in [4.78, 5) is 0. The lowest BCUT2D eigenvalue weighted by molar-refractivity contribution is 0.0821. The first-order valence-electron chi connectivity index (χ1n) is 5.11. The molecule has 1 aromatic rings. The van der Waals surface area contributed by atoms with Gasteiger partial charge in [-0.05, 0) is 18.8 Å². The number of rotatable bonds is 3. The van der Waals surface area contributed by atoms with E-state index in [1.807, 2.05) is 10.8 Å². The van der Waals surface area contributed by atoms with E-state index < -0.39 is 0 Å². The molecule has 0 saturated carbocycles. The molecule has 2 rings (SSSR count). The Bertz CT molecular complexity index is 293. The molecule has 0 radical (unpaired) electrons. The van der Waals surface area contributed by atoms with Crippen LogP contribution in [0.15, 0.2) is 10.8 Å². The average molecular weight is 212 g/mol. The van der Waals surface area contributed by atoms with E-state index in [1.54, 1.807) is 11.3 Å². The number of hydrogen-bond donors (Lipinski definition) is 0. The number of thiophene rings is 1. The highest BCUT2D eigenvalue weighted by atomic mass is 32.1. The van der Waals surface area contributed by atoms with E-state index in [0.29, 0.717) is 6.61 Å². The largest absolute Gasteiger partial charge is 0.485 e. The minimum atomic E-state index is 0.250. The Morgan fingerprint density at radius 3 is 3.00 bits per heavy atom. The number of hydrogen-bond acceptors (Lipinski definition) is 3. The second kappa shape index (κ2) is 4.22. The first kappa shape index (κ1) is 9.84. The highest BCUT2D eigenvalue weighted by molar-refractivity contribution is 7.08. The van der Waals surface area contributed by atoms with E-state index in [1.165, 1.54) is 6.42 Å². The molecule has 1 atom stereocenters. The van der Waals surface area contributed by atoms with Crippen LogP contribution >= 0.6 is 11.3 Å². The fourth-order valence-corrected chi connectivity index (χ4v) is 2.19. The topological polar surface area (TPSA) is 18.5 Å². The summed E-state index contributed by atoms with van der Waals surface area (Å²) in [6.45, 7) is 5.18. The van der Waals surface area contributed by atoms with Crippen LogP contribution in [0.2, 0.25) is 0 Å². The monoisotopic (exact) mass is 212 g/mol. The Kier molecular flexibility index (Phi) is 2.96. The molecule has 0 saturated heterocycles. The van der Waals surface area contributed by atoms with Gasteiger partial charge in [-0.1, -0.05) is 13.8 Å². The van der Waals surface area contributed by atoms with Crippen molar-refractivity contribution < 1.29 is 9.47 Å². The van der Waals surface area contributed by atoms with Gasteiger partial charge >= 0.3 is 0 Å². The second-order valence-corrected chi connectivity index (χ2v) is 4.87. The number of ether oxygens (including phenoxy) is 2. The molecule has 0 aliphatic carbocycles. The molecule has 0 spiro atoms. The maximum atomic E-state index is 5.81. The summed E-state index contributed by atoms with van der Waals surface area (Å²) in [6, 6.07) is 0. The summed E-state index contributed by atoms with van der Waals surface area (Å²) < 4.78 is 11.4. The smallest absolute Gasteiger partial charge is 0.172 e. The lowest BCUT2D eigenvalue weighted by atomic mass is 10.1. The first-order valence-corrected chi connectivity index (χ1v) is 6.05. The van der Waals surface area contributed by atoms with Crippen molar-refractivity contribution in [2.45, 2.75) is 32.8 Å². The predicted molar refractivity (Wildman–Crippen MR) is 58.3 cm³/mol. The molecule has 2 nitrogen and oxygen atoms in total. The summed E-state index contributed by atoms with van der Waals surface area (Å²) >= 11 is 1.63. The van der Waals surface area contributed by atoms with Crippen molar-refractivity contribution in [1.29, 1.82) is 0 Å². The Balaban J connectivity index is 1.88. The van der Waals surface area contributed by atoms with E-state index in [0.717, 1.165) is 23.8 Å². The van der Waals surface area contributed by atoms with Gasteiger partial charge in [-0.15, -0.1) is 11.3 Å². The third-order valence-corrected chi connectivity index (χ3v) is 3.08. The fraction of sp³-hybridized carbons (Fsp3) is 0.636. The van der Waals surface area contributed by atoms with Gasteiger partial charge in [0.1, 0.15) is 12.7 Å². The highest BCUT2D eigenvalue weighted by Crippen LogP contribution is 2.36. The van der Waals surface area contributed by atoms with Crippen LogP contribution in [0.3, 0.4) is 0 Å². The van der Waals surface area contributed by atoms with Gasteiger partial charge in [0.25, 0.3) is 0 Å². The van der Waals surface area contributed by atoms with Crippen molar-refractivity contribution in [2.24, 2.45) is 5.92 Å². The first-order chi connectivity index (χ1) is 6.75. The van der Waals surface area contributed by atoms with E-state index >= 15 is 0 Å². The summed E-state index contributed by atoms with van der Waals surface area (Å²) in [6.07, 6.45) is 2.54. The SMILES string of the molecule is CC(C)CCC1COc2cscc2O1. The fourth-order valence-electron chi connectivity index (χ4n) is 1.52.